The molecule has 0 aliphatic heterocycles. The lowest BCUT2D eigenvalue weighted by molar-refractivity contribution is 0.414. The molecule has 3 heteroatoms. The number of fused-ring (bicyclic) bond motifs is 1. The highest BCUT2D eigenvalue weighted by Crippen LogP contribution is 2.43. The van der Waals surface area contributed by atoms with E-state index in [2.05, 4.69) is 36.4 Å². The minimum absolute atomic E-state index is 0.744. The molecule has 2 nitrogen and oxygen atoms in total. The molecule has 0 saturated heterocycles. The molecule has 0 atom stereocenters. The summed E-state index contributed by atoms with van der Waals surface area (Å²) in [7, 11) is 3.39. The van der Waals surface area contributed by atoms with Crippen LogP contribution < -0.4 is 9.47 Å². The van der Waals surface area contributed by atoms with Gasteiger partial charge in [0.05, 0.1) is 14.2 Å². The first-order valence-electron chi connectivity index (χ1n) is 8.50. The summed E-state index contributed by atoms with van der Waals surface area (Å²) in [6, 6.07) is 22.6. The second-order valence-corrected chi connectivity index (χ2v) is 6.73. The van der Waals surface area contributed by atoms with Gasteiger partial charge in [0.2, 0.25) is 0 Å². The van der Waals surface area contributed by atoms with Gasteiger partial charge in [-0.15, -0.1) is 0 Å². The fourth-order valence-electron chi connectivity index (χ4n) is 3.51. The number of halogens is 1. The van der Waals surface area contributed by atoms with Crippen LogP contribution in [0.25, 0.3) is 11.1 Å². The molecule has 3 aromatic rings. The molecule has 1 aliphatic carbocycles. The first-order chi connectivity index (χ1) is 12.7. The number of hydrogen-bond donors (Lipinski definition) is 0. The molecule has 0 aromatic heterocycles. The van der Waals surface area contributed by atoms with Crippen LogP contribution in [-0.2, 0) is 6.42 Å². The highest BCUT2D eigenvalue weighted by molar-refractivity contribution is 6.30. The van der Waals surface area contributed by atoms with Crippen molar-refractivity contribution in [2.75, 3.05) is 14.2 Å². The first-order valence-corrected chi connectivity index (χ1v) is 8.88. The van der Waals surface area contributed by atoms with Gasteiger partial charge in [0.25, 0.3) is 0 Å². The van der Waals surface area contributed by atoms with Gasteiger partial charge in [0, 0.05) is 5.02 Å². The van der Waals surface area contributed by atoms with Crippen LogP contribution in [-0.4, -0.2) is 14.2 Å². The molecule has 0 spiro atoms. The third-order valence-electron chi connectivity index (χ3n) is 4.82. The van der Waals surface area contributed by atoms with Crippen molar-refractivity contribution in [3.05, 3.63) is 94.0 Å². The number of benzene rings is 3. The lowest BCUT2D eigenvalue weighted by atomic mass is 9.94. The monoisotopic (exact) mass is 362 g/mol. The first kappa shape index (κ1) is 16.7. The average Bonchev–Trinajstić information content (AvgIpc) is 3.07. The fraction of sp³-hybridized carbons (Fsp3) is 0.130. The highest BCUT2D eigenvalue weighted by atomic mass is 35.5. The van der Waals surface area contributed by atoms with E-state index < -0.39 is 0 Å². The van der Waals surface area contributed by atoms with Gasteiger partial charge in [0.1, 0.15) is 11.5 Å². The molecular weight excluding hydrogens is 344 g/mol. The Hall–Kier alpha value is -2.71. The summed E-state index contributed by atoms with van der Waals surface area (Å²) in [6.45, 7) is 0. The lowest BCUT2D eigenvalue weighted by Crippen LogP contribution is -1.90. The van der Waals surface area contributed by atoms with E-state index in [9.17, 15) is 0 Å². The van der Waals surface area contributed by atoms with Gasteiger partial charge in [0.15, 0.2) is 0 Å². The van der Waals surface area contributed by atoms with Crippen molar-refractivity contribution in [1.82, 2.24) is 0 Å². The van der Waals surface area contributed by atoms with Gasteiger partial charge in [-0.3, -0.25) is 0 Å². The van der Waals surface area contributed by atoms with Gasteiger partial charge in [-0.2, -0.15) is 0 Å². The van der Waals surface area contributed by atoms with Crippen LogP contribution in [0.2, 0.25) is 5.02 Å². The molecule has 26 heavy (non-hydrogen) atoms. The molecule has 1 aliphatic rings. The van der Waals surface area contributed by atoms with Crippen LogP contribution in [0.5, 0.6) is 11.5 Å². The Kier molecular flexibility index (Phi) is 4.44. The summed E-state index contributed by atoms with van der Waals surface area (Å²) in [5, 5.41) is 0.744. The SMILES string of the molecule is COc1ccc(C2=C(c3ccc(Cl)cc3)c3ccc(OC)cc3C2)cc1. The number of ether oxygens (including phenoxy) is 2. The van der Waals surface area contributed by atoms with Gasteiger partial charge < -0.3 is 9.47 Å². The van der Waals surface area contributed by atoms with E-state index in [0.29, 0.717) is 0 Å². The molecule has 0 fully saturated rings. The van der Waals surface area contributed by atoms with Gasteiger partial charge in [-0.05, 0) is 76.2 Å². The summed E-state index contributed by atoms with van der Waals surface area (Å²) in [4.78, 5) is 0. The Morgan fingerprint density at radius 3 is 2.00 bits per heavy atom. The number of hydrogen-bond acceptors (Lipinski definition) is 2. The normalized spacial score (nSPS) is 12.9. The molecule has 0 unspecified atom stereocenters. The van der Waals surface area contributed by atoms with E-state index in [1.165, 1.54) is 33.4 Å². The largest absolute Gasteiger partial charge is 0.497 e. The standard InChI is InChI=1S/C23H19ClO2/c1-25-19-9-5-15(6-10-19)22-14-17-13-20(26-2)11-12-21(17)23(22)16-3-7-18(24)8-4-16/h3-13H,14H2,1-2H3. The van der Waals surface area contributed by atoms with E-state index in [1.54, 1.807) is 14.2 Å². The Balaban J connectivity index is 1.88. The number of allylic oxidation sites excluding steroid dienone is 1. The van der Waals surface area contributed by atoms with Crippen molar-refractivity contribution in [1.29, 1.82) is 0 Å². The van der Waals surface area contributed by atoms with Crippen molar-refractivity contribution in [3.63, 3.8) is 0 Å². The maximum atomic E-state index is 6.10. The third kappa shape index (κ3) is 2.97. The predicted molar refractivity (Wildman–Crippen MR) is 107 cm³/mol. The smallest absolute Gasteiger partial charge is 0.119 e. The Morgan fingerprint density at radius 1 is 0.731 bits per heavy atom. The molecule has 0 saturated carbocycles. The van der Waals surface area contributed by atoms with E-state index in [1.807, 2.05) is 30.3 Å². The molecule has 4 rings (SSSR count). The predicted octanol–water partition coefficient (Wildman–Crippen LogP) is 5.87. The molecule has 3 aromatic carbocycles. The zero-order valence-corrected chi connectivity index (χ0v) is 15.5. The summed E-state index contributed by atoms with van der Waals surface area (Å²) >= 11 is 6.10. The maximum Gasteiger partial charge on any atom is 0.119 e. The van der Waals surface area contributed by atoms with Crippen LogP contribution in [0.15, 0.2) is 66.7 Å². The van der Waals surface area contributed by atoms with Crippen LogP contribution >= 0.6 is 11.6 Å². The Morgan fingerprint density at radius 2 is 1.35 bits per heavy atom. The fourth-order valence-corrected chi connectivity index (χ4v) is 3.64. The van der Waals surface area contributed by atoms with E-state index >= 15 is 0 Å². The lowest BCUT2D eigenvalue weighted by Gasteiger charge is -2.11. The van der Waals surface area contributed by atoms with Crippen molar-refractivity contribution in [3.8, 4) is 11.5 Å². The summed E-state index contributed by atoms with van der Waals surface area (Å²) in [5.41, 5.74) is 7.46. The second kappa shape index (κ2) is 6.89. The van der Waals surface area contributed by atoms with Crippen molar-refractivity contribution < 1.29 is 9.47 Å². The topological polar surface area (TPSA) is 18.5 Å². The highest BCUT2D eigenvalue weighted by Gasteiger charge is 2.24. The van der Waals surface area contributed by atoms with Crippen molar-refractivity contribution >= 4 is 22.7 Å². The summed E-state index contributed by atoms with van der Waals surface area (Å²) in [5.74, 6) is 1.75. The van der Waals surface area contributed by atoms with Gasteiger partial charge >= 0.3 is 0 Å². The minimum Gasteiger partial charge on any atom is -0.497 e. The summed E-state index contributed by atoms with van der Waals surface area (Å²) < 4.78 is 10.7. The van der Waals surface area contributed by atoms with Crippen LogP contribution in [0.4, 0.5) is 0 Å². The average molecular weight is 363 g/mol. The molecular formula is C23H19ClO2. The molecule has 0 bridgehead atoms. The van der Waals surface area contributed by atoms with Crippen LogP contribution in [0.1, 0.15) is 22.3 Å². The van der Waals surface area contributed by atoms with Gasteiger partial charge in [-0.1, -0.05) is 41.9 Å². The molecule has 0 amide bonds. The van der Waals surface area contributed by atoms with E-state index in [-0.39, 0.29) is 0 Å². The van der Waals surface area contributed by atoms with E-state index in [0.717, 1.165) is 22.9 Å². The Bertz CT molecular complexity index is 970. The zero-order chi connectivity index (χ0) is 18.1. The Labute approximate surface area is 158 Å². The summed E-state index contributed by atoms with van der Waals surface area (Å²) in [6.07, 6.45) is 0.872. The molecule has 0 radical (unpaired) electrons. The molecule has 130 valence electrons. The van der Waals surface area contributed by atoms with Crippen LogP contribution in [0.3, 0.4) is 0 Å². The maximum absolute atomic E-state index is 6.10. The third-order valence-corrected chi connectivity index (χ3v) is 5.07. The quantitative estimate of drug-likeness (QED) is 0.577. The van der Waals surface area contributed by atoms with Crippen molar-refractivity contribution in [2.45, 2.75) is 6.42 Å². The number of rotatable bonds is 4. The minimum atomic E-state index is 0.744. The second-order valence-electron chi connectivity index (χ2n) is 6.29. The van der Waals surface area contributed by atoms with Crippen molar-refractivity contribution in [2.24, 2.45) is 0 Å². The van der Waals surface area contributed by atoms with E-state index in [4.69, 9.17) is 21.1 Å². The van der Waals surface area contributed by atoms with Crippen LogP contribution in [0, 0.1) is 0 Å². The molecule has 0 heterocycles. The van der Waals surface area contributed by atoms with Gasteiger partial charge in [-0.25, -0.2) is 0 Å². The zero-order valence-electron chi connectivity index (χ0n) is 14.8. The number of methoxy groups -OCH3 is 2. The molecule has 0 N–H and O–H groups in total.